The summed E-state index contributed by atoms with van der Waals surface area (Å²) in [5.74, 6) is 0.256. The number of primary sulfonamides is 1. The van der Waals surface area contributed by atoms with Crippen LogP contribution in [0.5, 0.6) is 0 Å². The van der Waals surface area contributed by atoms with Crippen LogP contribution in [0.3, 0.4) is 0 Å². The summed E-state index contributed by atoms with van der Waals surface area (Å²) in [7, 11) is -4.05. The first-order valence-electron chi connectivity index (χ1n) is 13.3. The van der Waals surface area contributed by atoms with E-state index in [9.17, 15) is 23.3 Å². The molecule has 2 fully saturated rings. The first-order valence-corrected chi connectivity index (χ1v) is 16.4. The fraction of sp³-hybridized carbons (Fsp3) is 0.577. The SMILES string of the molecule is CC(C)(C)Sc1ccccc1CN1CCCC(COC(=O)N2CCN(c3sc(S(N)(=O)=O)cc3[N+](=O)[O-])CC2)C1. The van der Waals surface area contributed by atoms with E-state index in [2.05, 4.69) is 49.9 Å². The van der Waals surface area contributed by atoms with Gasteiger partial charge in [-0.15, -0.1) is 11.8 Å². The minimum absolute atomic E-state index is 0.132. The molecule has 2 saturated heterocycles. The lowest BCUT2D eigenvalue weighted by Gasteiger charge is -2.35. The van der Waals surface area contributed by atoms with Gasteiger partial charge in [-0.3, -0.25) is 15.0 Å². The highest BCUT2D eigenvalue weighted by Gasteiger charge is 2.31. The molecule has 3 heterocycles. The van der Waals surface area contributed by atoms with E-state index in [0.717, 1.165) is 49.9 Å². The third-order valence-electron chi connectivity index (χ3n) is 6.80. The Hall–Kier alpha value is -2.39. The Balaban J connectivity index is 1.27. The van der Waals surface area contributed by atoms with Crippen molar-refractivity contribution < 1.29 is 22.9 Å². The second-order valence-corrected chi connectivity index (χ2v) is 15.9. The first kappa shape index (κ1) is 30.6. The van der Waals surface area contributed by atoms with Crippen molar-refractivity contribution in [2.75, 3.05) is 50.8 Å². The molecule has 0 saturated carbocycles. The number of piperidine rings is 1. The van der Waals surface area contributed by atoms with Crippen LogP contribution in [0.4, 0.5) is 15.5 Å². The maximum atomic E-state index is 12.8. The van der Waals surface area contributed by atoms with Crippen molar-refractivity contribution >= 4 is 49.9 Å². The Morgan fingerprint density at radius 1 is 1.20 bits per heavy atom. The quantitative estimate of drug-likeness (QED) is 0.262. The number of rotatable bonds is 8. The Morgan fingerprint density at radius 3 is 2.55 bits per heavy atom. The van der Waals surface area contributed by atoms with Crippen LogP contribution >= 0.6 is 23.1 Å². The first-order chi connectivity index (χ1) is 18.8. The number of amides is 1. The molecule has 1 aromatic carbocycles. The fourth-order valence-corrected chi connectivity index (χ4v) is 7.91. The van der Waals surface area contributed by atoms with E-state index in [4.69, 9.17) is 9.88 Å². The summed E-state index contributed by atoms with van der Waals surface area (Å²) < 4.78 is 29.0. The summed E-state index contributed by atoms with van der Waals surface area (Å²) in [6.45, 7) is 11.0. The zero-order valence-electron chi connectivity index (χ0n) is 23.1. The Bertz CT molecular complexity index is 1320. The smallest absolute Gasteiger partial charge is 0.409 e. The van der Waals surface area contributed by atoms with Gasteiger partial charge in [0.1, 0.15) is 4.21 Å². The van der Waals surface area contributed by atoms with Crippen LogP contribution in [0, 0.1) is 16.0 Å². The average molecular weight is 612 g/mol. The standard InChI is InChI=1S/C26H37N5O6S3/c1-26(2,3)39-22-9-5-4-8-20(22)17-28-10-6-7-19(16-28)18-37-25(32)30-13-11-29(12-14-30)24-21(31(33)34)15-23(38-24)40(27,35)36/h4-5,8-9,15,19H,6-7,10-14,16-18H2,1-3H3,(H2,27,35,36). The molecule has 4 rings (SSSR count). The molecule has 1 unspecified atom stereocenters. The molecule has 14 heteroatoms. The highest BCUT2D eigenvalue weighted by atomic mass is 32.2. The van der Waals surface area contributed by atoms with Gasteiger partial charge in [-0.1, -0.05) is 50.3 Å². The molecule has 0 aliphatic carbocycles. The zero-order valence-corrected chi connectivity index (χ0v) is 25.5. The minimum atomic E-state index is -4.05. The number of thioether (sulfide) groups is 1. The second-order valence-electron chi connectivity index (χ2n) is 11.2. The van der Waals surface area contributed by atoms with Crippen LogP contribution in [-0.2, 0) is 21.3 Å². The third kappa shape index (κ3) is 8.09. The normalized spacial score (nSPS) is 19.1. The Kier molecular flexibility index (Phi) is 9.66. The van der Waals surface area contributed by atoms with Crippen LogP contribution in [-0.4, -0.2) is 79.9 Å². The lowest BCUT2D eigenvalue weighted by atomic mass is 9.98. The van der Waals surface area contributed by atoms with E-state index in [-0.39, 0.29) is 25.6 Å². The number of hydrogen-bond donors (Lipinski definition) is 1. The van der Waals surface area contributed by atoms with E-state index < -0.39 is 21.0 Å². The molecule has 1 amide bonds. The summed E-state index contributed by atoms with van der Waals surface area (Å²) in [5, 5.41) is 16.9. The van der Waals surface area contributed by atoms with Gasteiger partial charge in [0, 0.05) is 60.9 Å². The van der Waals surface area contributed by atoms with Gasteiger partial charge in [0.15, 0.2) is 5.00 Å². The average Bonchev–Trinajstić information content (AvgIpc) is 3.35. The van der Waals surface area contributed by atoms with Crippen LogP contribution < -0.4 is 10.0 Å². The second kappa shape index (κ2) is 12.6. The minimum Gasteiger partial charge on any atom is -0.449 e. The predicted octanol–water partition coefficient (Wildman–Crippen LogP) is 4.37. The number of hydrogen-bond acceptors (Lipinski definition) is 10. The molecule has 0 bridgehead atoms. The highest BCUT2D eigenvalue weighted by molar-refractivity contribution is 8.00. The van der Waals surface area contributed by atoms with E-state index in [0.29, 0.717) is 32.8 Å². The number of nitro groups is 1. The lowest BCUT2D eigenvalue weighted by Crippen LogP contribution is -2.49. The summed E-state index contributed by atoms with van der Waals surface area (Å²) in [6.07, 6.45) is 1.66. The van der Waals surface area contributed by atoms with Gasteiger partial charge in [-0.2, -0.15) is 0 Å². The van der Waals surface area contributed by atoms with E-state index in [1.54, 1.807) is 9.80 Å². The molecule has 40 heavy (non-hydrogen) atoms. The third-order valence-corrected chi connectivity index (χ3v) is 10.6. The molecule has 220 valence electrons. The molecular weight excluding hydrogens is 575 g/mol. The van der Waals surface area contributed by atoms with Gasteiger partial charge in [0.25, 0.3) is 0 Å². The monoisotopic (exact) mass is 611 g/mol. The van der Waals surface area contributed by atoms with Gasteiger partial charge < -0.3 is 14.5 Å². The number of piperazine rings is 1. The largest absolute Gasteiger partial charge is 0.449 e. The molecule has 1 aromatic heterocycles. The van der Waals surface area contributed by atoms with E-state index in [1.165, 1.54) is 10.5 Å². The van der Waals surface area contributed by atoms with Gasteiger partial charge in [-0.05, 0) is 31.0 Å². The highest BCUT2D eigenvalue weighted by Crippen LogP contribution is 2.40. The summed E-state index contributed by atoms with van der Waals surface area (Å²) in [5.41, 5.74) is 1.02. The van der Waals surface area contributed by atoms with Crippen molar-refractivity contribution in [2.24, 2.45) is 11.1 Å². The summed E-state index contributed by atoms with van der Waals surface area (Å²) in [6, 6.07) is 9.54. The topological polar surface area (TPSA) is 139 Å². The van der Waals surface area contributed by atoms with Gasteiger partial charge in [0.2, 0.25) is 10.0 Å². The maximum Gasteiger partial charge on any atom is 0.409 e. The van der Waals surface area contributed by atoms with Crippen molar-refractivity contribution in [3.8, 4) is 0 Å². The van der Waals surface area contributed by atoms with Crippen LogP contribution in [0.25, 0.3) is 0 Å². The van der Waals surface area contributed by atoms with E-state index >= 15 is 0 Å². The number of nitrogens with two attached hydrogens (primary N) is 1. The molecule has 2 aliphatic heterocycles. The van der Waals surface area contributed by atoms with Crippen molar-refractivity contribution in [3.63, 3.8) is 0 Å². The molecule has 2 aromatic rings. The number of anilines is 1. The number of ether oxygens (including phenoxy) is 1. The van der Waals surface area contributed by atoms with E-state index in [1.807, 2.05) is 11.8 Å². The van der Waals surface area contributed by atoms with Crippen molar-refractivity contribution in [1.29, 1.82) is 0 Å². The van der Waals surface area contributed by atoms with Gasteiger partial charge in [0.05, 0.1) is 11.5 Å². The molecule has 0 radical (unpaired) electrons. The number of carbonyl (C=O) groups excluding carboxylic acids is 1. The number of nitrogens with zero attached hydrogens (tertiary/aromatic N) is 4. The molecule has 1 atom stereocenters. The fourth-order valence-electron chi connectivity index (χ4n) is 4.96. The number of benzene rings is 1. The maximum absolute atomic E-state index is 12.8. The zero-order chi connectivity index (χ0) is 29.1. The number of thiophene rings is 1. The Labute approximate surface area is 243 Å². The molecule has 0 spiro atoms. The molecule has 2 N–H and O–H groups in total. The van der Waals surface area contributed by atoms with Crippen LogP contribution in [0.15, 0.2) is 39.4 Å². The number of sulfonamides is 1. The summed E-state index contributed by atoms with van der Waals surface area (Å²) in [4.78, 5) is 30.7. The van der Waals surface area contributed by atoms with Crippen molar-refractivity contribution in [2.45, 2.75) is 54.0 Å². The van der Waals surface area contributed by atoms with Crippen LogP contribution in [0.2, 0.25) is 0 Å². The van der Waals surface area contributed by atoms with Crippen molar-refractivity contribution in [3.05, 3.63) is 46.0 Å². The number of carbonyl (C=O) groups is 1. The predicted molar refractivity (Wildman–Crippen MR) is 158 cm³/mol. The van der Waals surface area contributed by atoms with Crippen LogP contribution in [0.1, 0.15) is 39.2 Å². The Morgan fingerprint density at radius 2 is 1.90 bits per heavy atom. The molecule has 2 aliphatic rings. The number of likely N-dealkylation sites (tertiary alicyclic amines) is 1. The summed E-state index contributed by atoms with van der Waals surface area (Å²) >= 11 is 2.65. The molecule has 11 nitrogen and oxygen atoms in total. The lowest BCUT2D eigenvalue weighted by molar-refractivity contribution is -0.383. The van der Waals surface area contributed by atoms with Gasteiger partial charge >= 0.3 is 11.8 Å². The molecular formula is C26H37N5O6S3. The van der Waals surface area contributed by atoms with Crippen molar-refractivity contribution in [1.82, 2.24) is 9.80 Å². The van der Waals surface area contributed by atoms with Gasteiger partial charge in [-0.25, -0.2) is 18.4 Å².